The second-order valence-electron chi connectivity index (χ2n) is 4.53. The second kappa shape index (κ2) is 5.89. The van der Waals surface area contributed by atoms with E-state index in [0.29, 0.717) is 28.5 Å². The van der Waals surface area contributed by atoms with E-state index in [9.17, 15) is 0 Å². The molecule has 0 fully saturated rings. The van der Waals surface area contributed by atoms with E-state index < -0.39 is 0 Å². The first-order valence-electron chi connectivity index (χ1n) is 6.37. The van der Waals surface area contributed by atoms with Gasteiger partial charge in [0.15, 0.2) is 11.2 Å². The van der Waals surface area contributed by atoms with Crippen LogP contribution in [0.25, 0.3) is 11.2 Å². The van der Waals surface area contributed by atoms with Crippen LogP contribution in [-0.4, -0.2) is 30.7 Å². The van der Waals surface area contributed by atoms with E-state index in [-0.39, 0.29) is 0 Å². The topological polar surface area (TPSA) is 80.3 Å². The number of rotatable bonds is 4. The van der Waals surface area contributed by atoms with Crippen molar-refractivity contribution in [2.24, 2.45) is 0 Å². The molecule has 0 aliphatic heterocycles. The molecule has 2 aromatic heterocycles. The Labute approximate surface area is 125 Å². The van der Waals surface area contributed by atoms with E-state index in [1.165, 1.54) is 23.7 Å². The molecular formula is C14H12N6S. The minimum atomic E-state index is 0.330. The summed E-state index contributed by atoms with van der Waals surface area (Å²) in [6, 6.07) is 10.3. The van der Waals surface area contributed by atoms with Crippen LogP contribution in [0.3, 0.4) is 0 Å². The Morgan fingerprint density at radius 2 is 2.05 bits per heavy atom. The van der Waals surface area contributed by atoms with E-state index in [0.717, 1.165) is 5.56 Å². The summed E-state index contributed by atoms with van der Waals surface area (Å²) in [6.45, 7) is 2.66. The lowest BCUT2D eigenvalue weighted by Gasteiger charge is -2.03. The summed E-state index contributed by atoms with van der Waals surface area (Å²) in [5.74, 6) is 0.330. The lowest BCUT2D eigenvalue weighted by atomic mass is 10.1. The molecule has 0 bridgehead atoms. The lowest BCUT2D eigenvalue weighted by Crippen LogP contribution is -2.03. The standard InChI is InChI=1S/C14H12N6S/c1-10-2-4-11(5-3-10)8-20-13-12(18-19-20)14(17-9-16-13)21-7-6-15/h2-5,9H,7-8H2,1H3. The summed E-state index contributed by atoms with van der Waals surface area (Å²) < 4.78 is 1.75. The molecule has 0 amide bonds. The van der Waals surface area contributed by atoms with E-state index in [2.05, 4.69) is 57.5 Å². The third-order valence-electron chi connectivity index (χ3n) is 2.99. The lowest BCUT2D eigenvalue weighted by molar-refractivity contribution is 0.664. The zero-order valence-corrected chi connectivity index (χ0v) is 12.2. The van der Waals surface area contributed by atoms with Gasteiger partial charge in [-0.25, -0.2) is 14.6 Å². The molecule has 0 radical (unpaired) electrons. The number of hydrogen-bond acceptors (Lipinski definition) is 6. The Morgan fingerprint density at radius 3 is 2.81 bits per heavy atom. The van der Waals surface area contributed by atoms with Gasteiger partial charge in [-0.3, -0.25) is 0 Å². The van der Waals surface area contributed by atoms with Crippen LogP contribution in [0.2, 0.25) is 0 Å². The Balaban J connectivity index is 1.93. The van der Waals surface area contributed by atoms with E-state index in [4.69, 9.17) is 5.26 Å². The molecule has 0 aliphatic rings. The van der Waals surface area contributed by atoms with Crippen molar-refractivity contribution in [3.63, 3.8) is 0 Å². The maximum atomic E-state index is 8.67. The molecule has 0 atom stereocenters. The van der Waals surface area contributed by atoms with Crippen LogP contribution in [0.4, 0.5) is 0 Å². The molecule has 21 heavy (non-hydrogen) atoms. The molecule has 3 aromatic rings. The van der Waals surface area contributed by atoms with Gasteiger partial charge in [0.05, 0.1) is 18.4 Å². The number of thioether (sulfide) groups is 1. The minimum Gasteiger partial charge on any atom is -0.227 e. The van der Waals surface area contributed by atoms with Gasteiger partial charge in [-0.1, -0.05) is 46.8 Å². The van der Waals surface area contributed by atoms with Crippen molar-refractivity contribution in [2.45, 2.75) is 18.5 Å². The van der Waals surface area contributed by atoms with Gasteiger partial charge in [0.2, 0.25) is 0 Å². The van der Waals surface area contributed by atoms with Crippen LogP contribution in [0, 0.1) is 18.3 Å². The summed E-state index contributed by atoms with van der Waals surface area (Å²) in [4.78, 5) is 8.42. The molecule has 104 valence electrons. The summed E-state index contributed by atoms with van der Waals surface area (Å²) in [7, 11) is 0. The number of aromatic nitrogens is 5. The zero-order chi connectivity index (χ0) is 14.7. The van der Waals surface area contributed by atoms with Crippen molar-refractivity contribution < 1.29 is 0 Å². The maximum absolute atomic E-state index is 8.67. The first kappa shape index (κ1) is 13.5. The predicted molar refractivity (Wildman–Crippen MR) is 79.7 cm³/mol. The fourth-order valence-corrected chi connectivity index (χ4v) is 2.54. The highest BCUT2D eigenvalue weighted by Gasteiger charge is 2.12. The summed E-state index contributed by atoms with van der Waals surface area (Å²) in [5, 5.41) is 17.7. The highest BCUT2D eigenvalue weighted by atomic mass is 32.2. The van der Waals surface area contributed by atoms with Gasteiger partial charge in [-0.2, -0.15) is 5.26 Å². The van der Waals surface area contributed by atoms with Crippen molar-refractivity contribution in [1.29, 1.82) is 5.26 Å². The van der Waals surface area contributed by atoms with Crippen LogP contribution in [0.1, 0.15) is 11.1 Å². The average Bonchev–Trinajstić information content (AvgIpc) is 2.91. The van der Waals surface area contributed by atoms with Gasteiger partial charge in [0.1, 0.15) is 11.4 Å². The highest BCUT2D eigenvalue weighted by molar-refractivity contribution is 7.99. The minimum absolute atomic E-state index is 0.330. The van der Waals surface area contributed by atoms with Gasteiger partial charge < -0.3 is 0 Å². The van der Waals surface area contributed by atoms with Crippen molar-refractivity contribution in [3.05, 3.63) is 41.7 Å². The predicted octanol–water partition coefficient (Wildman–Crippen LogP) is 2.19. The van der Waals surface area contributed by atoms with Gasteiger partial charge in [-0.05, 0) is 12.5 Å². The smallest absolute Gasteiger partial charge is 0.183 e. The third kappa shape index (κ3) is 2.85. The molecule has 0 unspecified atom stereocenters. The SMILES string of the molecule is Cc1ccc(Cn2nnc3c(SCC#N)ncnc32)cc1. The Bertz CT molecular complexity index is 802. The maximum Gasteiger partial charge on any atom is 0.183 e. The van der Waals surface area contributed by atoms with E-state index in [1.54, 1.807) is 4.68 Å². The molecule has 0 spiro atoms. The number of hydrogen-bond donors (Lipinski definition) is 0. The Kier molecular flexibility index (Phi) is 3.79. The molecule has 0 aliphatic carbocycles. The fourth-order valence-electron chi connectivity index (χ4n) is 1.95. The van der Waals surface area contributed by atoms with Gasteiger partial charge in [0.25, 0.3) is 0 Å². The molecular weight excluding hydrogens is 284 g/mol. The fraction of sp³-hybridized carbons (Fsp3) is 0.214. The molecule has 0 saturated heterocycles. The molecule has 6 nitrogen and oxygen atoms in total. The molecule has 0 saturated carbocycles. The number of aryl methyl sites for hydroxylation is 1. The van der Waals surface area contributed by atoms with Crippen LogP contribution < -0.4 is 0 Å². The summed E-state index contributed by atoms with van der Waals surface area (Å²) in [6.07, 6.45) is 1.48. The van der Waals surface area contributed by atoms with Crippen molar-refractivity contribution in [2.75, 3.05) is 5.75 Å². The van der Waals surface area contributed by atoms with Gasteiger partial charge in [0, 0.05) is 0 Å². The quantitative estimate of drug-likeness (QED) is 0.542. The number of nitriles is 1. The summed E-state index contributed by atoms with van der Waals surface area (Å²) >= 11 is 1.34. The first-order chi connectivity index (χ1) is 10.3. The first-order valence-corrected chi connectivity index (χ1v) is 7.36. The van der Waals surface area contributed by atoms with E-state index >= 15 is 0 Å². The molecule has 3 rings (SSSR count). The van der Waals surface area contributed by atoms with E-state index in [1.807, 2.05) is 0 Å². The number of benzene rings is 1. The Hall–Kier alpha value is -2.46. The molecule has 0 N–H and O–H groups in total. The number of fused-ring (bicyclic) bond motifs is 1. The monoisotopic (exact) mass is 296 g/mol. The normalized spacial score (nSPS) is 10.7. The Morgan fingerprint density at radius 1 is 1.24 bits per heavy atom. The summed E-state index contributed by atoms with van der Waals surface area (Å²) in [5.41, 5.74) is 3.69. The van der Waals surface area contributed by atoms with Crippen molar-refractivity contribution >= 4 is 22.9 Å². The highest BCUT2D eigenvalue weighted by Crippen LogP contribution is 2.22. The second-order valence-corrected chi connectivity index (χ2v) is 5.49. The number of nitrogens with zero attached hydrogens (tertiary/aromatic N) is 6. The molecule has 2 heterocycles. The average molecular weight is 296 g/mol. The third-order valence-corrected chi connectivity index (χ3v) is 3.84. The van der Waals surface area contributed by atoms with Crippen molar-refractivity contribution in [3.8, 4) is 6.07 Å². The van der Waals surface area contributed by atoms with Crippen LogP contribution >= 0.6 is 11.8 Å². The van der Waals surface area contributed by atoms with Gasteiger partial charge >= 0.3 is 0 Å². The van der Waals surface area contributed by atoms with Crippen LogP contribution in [-0.2, 0) is 6.54 Å². The van der Waals surface area contributed by atoms with Crippen molar-refractivity contribution in [1.82, 2.24) is 25.0 Å². The zero-order valence-electron chi connectivity index (χ0n) is 11.4. The van der Waals surface area contributed by atoms with Crippen LogP contribution in [0.5, 0.6) is 0 Å². The largest absolute Gasteiger partial charge is 0.227 e. The van der Waals surface area contributed by atoms with Crippen LogP contribution in [0.15, 0.2) is 35.6 Å². The van der Waals surface area contributed by atoms with Gasteiger partial charge in [-0.15, -0.1) is 5.10 Å². The molecule has 1 aromatic carbocycles. The molecule has 7 heteroatoms.